The van der Waals surface area contributed by atoms with Gasteiger partial charge in [0.1, 0.15) is 0 Å². The predicted molar refractivity (Wildman–Crippen MR) is 343 cm³/mol. The van der Waals surface area contributed by atoms with Gasteiger partial charge in [-0.3, -0.25) is 0 Å². The zero-order valence-electron chi connectivity index (χ0n) is 44.3. The van der Waals surface area contributed by atoms with Gasteiger partial charge in [-0.1, -0.05) is 206 Å². The maximum atomic E-state index is 2.53. The first-order valence-electron chi connectivity index (χ1n) is 28.1. The molecule has 0 heterocycles. The summed E-state index contributed by atoms with van der Waals surface area (Å²) in [4.78, 5) is 4.79. The Labute approximate surface area is 470 Å². The molecule has 2 heteroatoms. The van der Waals surface area contributed by atoms with Crippen LogP contribution >= 0.6 is 0 Å². The van der Waals surface area contributed by atoms with Gasteiger partial charge in [-0.25, -0.2) is 0 Å². The number of anilines is 6. The third-order valence-electron chi connectivity index (χ3n) is 17.7. The summed E-state index contributed by atoms with van der Waals surface area (Å²) in [7, 11) is 0. The van der Waals surface area contributed by atoms with Gasteiger partial charge in [-0.15, -0.1) is 0 Å². The normalized spacial score (nSPS) is 12.8. The van der Waals surface area contributed by atoms with Crippen LogP contribution in [0.4, 0.5) is 34.1 Å². The Balaban J connectivity index is 0.804. The summed E-state index contributed by atoms with van der Waals surface area (Å²) in [5.41, 5.74) is 18.9. The summed E-state index contributed by atoms with van der Waals surface area (Å²) < 4.78 is 0. The first kappa shape index (κ1) is 45.5. The molecule has 376 valence electrons. The second-order valence-electron chi connectivity index (χ2n) is 22.0. The van der Waals surface area contributed by atoms with Crippen molar-refractivity contribution in [2.45, 2.75) is 5.41 Å². The minimum atomic E-state index is -0.537. The predicted octanol–water partition coefficient (Wildman–Crippen LogP) is 21.6. The second-order valence-corrected chi connectivity index (χ2v) is 22.0. The van der Waals surface area contributed by atoms with Gasteiger partial charge >= 0.3 is 0 Å². The topological polar surface area (TPSA) is 6.48 Å². The van der Waals surface area contributed by atoms with E-state index in [1.165, 1.54) is 120 Å². The van der Waals surface area contributed by atoms with Crippen molar-refractivity contribution in [3.05, 3.63) is 326 Å². The van der Waals surface area contributed by atoms with Crippen LogP contribution in [0.2, 0.25) is 0 Å². The summed E-state index contributed by atoms with van der Waals surface area (Å²) in [6.07, 6.45) is 0. The lowest BCUT2D eigenvalue weighted by atomic mass is 9.69. The molecule has 0 unspecified atom stereocenters. The highest BCUT2D eigenvalue weighted by Gasteiger charge is 2.51. The van der Waals surface area contributed by atoms with Crippen LogP contribution in [0, 0.1) is 0 Å². The van der Waals surface area contributed by atoms with Crippen LogP contribution in [0.5, 0.6) is 0 Å². The van der Waals surface area contributed by atoms with Crippen molar-refractivity contribution in [1.29, 1.82) is 0 Å². The van der Waals surface area contributed by atoms with Crippen LogP contribution in [0.15, 0.2) is 303 Å². The van der Waals surface area contributed by atoms with E-state index in [1.54, 1.807) is 0 Å². The molecule has 0 fully saturated rings. The summed E-state index contributed by atoms with van der Waals surface area (Å²) in [5.74, 6) is 0. The van der Waals surface area contributed by atoms with Gasteiger partial charge in [-0.2, -0.15) is 0 Å². The Morgan fingerprint density at radius 1 is 0.185 bits per heavy atom. The van der Waals surface area contributed by atoms with Gasteiger partial charge in [0.05, 0.1) is 5.41 Å². The molecule has 0 bridgehead atoms. The van der Waals surface area contributed by atoms with E-state index in [1.807, 2.05) is 0 Å². The Bertz CT molecular complexity index is 4590. The van der Waals surface area contributed by atoms with Gasteiger partial charge in [0, 0.05) is 34.1 Å². The molecule has 0 N–H and O–H groups in total. The average molecular weight is 1030 g/mol. The van der Waals surface area contributed by atoms with Gasteiger partial charge in [0.2, 0.25) is 0 Å². The van der Waals surface area contributed by atoms with E-state index in [0.29, 0.717) is 0 Å². The largest absolute Gasteiger partial charge is 0.310 e. The van der Waals surface area contributed by atoms with Crippen LogP contribution in [0.3, 0.4) is 0 Å². The van der Waals surface area contributed by atoms with Crippen LogP contribution < -0.4 is 9.80 Å². The fourth-order valence-electron chi connectivity index (χ4n) is 14.0. The fraction of sp³-hybridized carbons (Fsp3) is 0.0127. The molecule has 2 nitrogen and oxygen atoms in total. The highest BCUT2D eigenvalue weighted by atomic mass is 15.1. The SMILES string of the molecule is c1ccc2c(c1)-c1ccccc1C21c2cc(-c3ccc(N(c4ccc5ccccc5c4)c4ccc5ccccc5c4)cc3)cc3ccc4cc(-c5ccc(N(c6ccc7ccccc7c6)c6ccc7ccccc7c6)cc5)cc1c4c23. The number of hydrogen-bond acceptors (Lipinski definition) is 2. The van der Waals surface area contributed by atoms with Crippen molar-refractivity contribution >= 4 is 98.8 Å². The Hall–Kier alpha value is -10.5. The molecule has 17 rings (SSSR count). The lowest BCUT2D eigenvalue weighted by Crippen LogP contribution is -2.26. The summed E-state index contributed by atoms with van der Waals surface area (Å²) in [6, 6.07) is 113. The van der Waals surface area contributed by atoms with E-state index in [-0.39, 0.29) is 0 Å². The molecule has 2 aliphatic rings. The molecular formula is C79H50N2. The van der Waals surface area contributed by atoms with E-state index < -0.39 is 5.41 Å². The summed E-state index contributed by atoms with van der Waals surface area (Å²) in [5, 5.41) is 15.0. The smallest absolute Gasteiger partial charge is 0.0726 e. The first-order valence-corrected chi connectivity index (χ1v) is 28.1. The molecule has 81 heavy (non-hydrogen) atoms. The molecule has 15 aromatic carbocycles. The molecule has 2 aliphatic carbocycles. The molecular weight excluding hydrogens is 977 g/mol. The Morgan fingerprint density at radius 3 is 0.815 bits per heavy atom. The van der Waals surface area contributed by atoms with Crippen molar-refractivity contribution in [2.24, 2.45) is 0 Å². The van der Waals surface area contributed by atoms with E-state index in [0.717, 1.165) is 34.1 Å². The molecule has 0 saturated heterocycles. The number of nitrogens with zero attached hydrogens (tertiary/aromatic N) is 2. The number of fused-ring (bicyclic) bond motifs is 11. The quantitative estimate of drug-likeness (QED) is 0.140. The van der Waals surface area contributed by atoms with Crippen molar-refractivity contribution in [3.63, 3.8) is 0 Å². The Kier molecular flexibility index (Phi) is 9.96. The van der Waals surface area contributed by atoms with Gasteiger partial charge in [0.25, 0.3) is 0 Å². The van der Waals surface area contributed by atoms with Crippen LogP contribution in [0.1, 0.15) is 22.3 Å². The minimum Gasteiger partial charge on any atom is -0.310 e. The van der Waals surface area contributed by atoms with Crippen molar-refractivity contribution in [3.8, 4) is 33.4 Å². The van der Waals surface area contributed by atoms with Gasteiger partial charge in [0.15, 0.2) is 0 Å². The molecule has 15 aromatic rings. The van der Waals surface area contributed by atoms with Crippen molar-refractivity contribution in [1.82, 2.24) is 0 Å². The molecule has 0 aromatic heterocycles. The fourth-order valence-corrected chi connectivity index (χ4v) is 14.0. The first-order chi connectivity index (χ1) is 40.1. The third kappa shape index (κ3) is 7.00. The van der Waals surface area contributed by atoms with E-state index >= 15 is 0 Å². The monoisotopic (exact) mass is 1030 g/mol. The molecule has 0 atom stereocenters. The van der Waals surface area contributed by atoms with Crippen LogP contribution in [-0.2, 0) is 5.41 Å². The van der Waals surface area contributed by atoms with Crippen molar-refractivity contribution in [2.75, 3.05) is 9.80 Å². The van der Waals surface area contributed by atoms with E-state index in [9.17, 15) is 0 Å². The maximum absolute atomic E-state index is 2.53. The minimum absolute atomic E-state index is 0.537. The second kappa shape index (κ2) is 17.7. The molecule has 0 radical (unpaired) electrons. The highest BCUT2D eigenvalue weighted by molar-refractivity contribution is 6.19. The third-order valence-corrected chi connectivity index (χ3v) is 17.7. The van der Waals surface area contributed by atoms with Crippen LogP contribution in [0.25, 0.3) is 98.0 Å². The van der Waals surface area contributed by atoms with Crippen LogP contribution in [-0.4, -0.2) is 0 Å². The van der Waals surface area contributed by atoms with Gasteiger partial charge in [-0.05, 0) is 217 Å². The van der Waals surface area contributed by atoms with E-state index in [4.69, 9.17) is 0 Å². The highest BCUT2D eigenvalue weighted by Crippen LogP contribution is 2.63. The molecule has 0 amide bonds. The molecule has 1 spiro atoms. The number of rotatable bonds is 8. The molecule has 0 saturated carbocycles. The number of benzene rings is 15. The van der Waals surface area contributed by atoms with Crippen molar-refractivity contribution < 1.29 is 0 Å². The van der Waals surface area contributed by atoms with Gasteiger partial charge < -0.3 is 9.80 Å². The average Bonchev–Trinajstić information content (AvgIpc) is 2.55. The summed E-state index contributed by atoms with van der Waals surface area (Å²) >= 11 is 0. The standard InChI is InChI=1S/C79H50N2/c1-5-17-57-45-67(39-31-51(57)13-1)80(68-40-32-52-14-2-6-18-58(52)46-68)65-35-27-55(28-36-65)63-43-61-25-26-62-44-64(50-76-78(62)77(61)75(49-63)79(76)73-23-11-9-21-71(73)72-22-10-12-24-74(72)79)56-29-37-66(38-30-56)81(69-41-33-53-15-3-7-19-59(53)47-69)70-42-34-54-16-4-8-20-60(54)48-70/h1-50H. The molecule has 0 aliphatic heterocycles. The van der Waals surface area contributed by atoms with E-state index in [2.05, 4.69) is 313 Å². The summed E-state index contributed by atoms with van der Waals surface area (Å²) in [6.45, 7) is 0. The lowest BCUT2D eigenvalue weighted by Gasteiger charge is -2.31. The maximum Gasteiger partial charge on any atom is 0.0726 e. The Morgan fingerprint density at radius 2 is 0.469 bits per heavy atom. The number of hydrogen-bond donors (Lipinski definition) is 0. The zero-order valence-corrected chi connectivity index (χ0v) is 44.3. The zero-order chi connectivity index (χ0) is 53.2. The lowest BCUT2D eigenvalue weighted by molar-refractivity contribution is 0.797.